The second-order valence-electron chi connectivity index (χ2n) is 6.34. The molecule has 1 rings (SSSR count). The molecule has 1 aliphatic rings. The van der Waals surface area contributed by atoms with Gasteiger partial charge in [0.05, 0.1) is 0 Å². The van der Waals surface area contributed by atoms with E-state index in [4.69, 9.17) is 0 Å². The fourth-order valence-electron chi connectivity index (χ4n) is 4.10. The molecule has 1 fully saturated rings. The molecule has 0 aliphatic heterocycles. The van der Waals surface area contributed by atoms with Crippen molar-refractivity contribution in [1.29, 1.82) is 0 Å². The Morgan fingerprint density at radius 3 is 2.22 bits per heavy atom. The van der Waals surface area contributed by atoms with E-state index < -0.39 is 0 Å². The molecule has 108 valence electrons. The van der Waals surface area contributed by atoms with Gasteiger partial charge < -0.3 is 5.32 Å². The van der Waals surface area contributed by atoms with E-state index in [1.54, 1.807) is 0 Å². The molecular formula is C16H34N2. The molecule has 0 aromatic carbocycles. The zero-order valence-corrected chi connectivity index (χ0v) is 13.4. The summed E-state index contributed by atoms with van der Waals surface area (Å²) in [6, 6.07) is 2.14. The zero-order valence-electron chi connectivity index (χ0n) is 13.4. The van der Waals surface area contributed by atoms with Gasteiger partial charge in [-0.2, -0.15) is 0 Å². The lowest BCUT2D eigenvalue weighted by molar-refractivity contribution is 0.0481. The molecule has 1 saturated carbocycles. The zero-order chi connectivity index (χ0) is 13.7. The van der Waals surface area contributed by atoms with E-state index in [2.05, 4.69) is 51.9 Å². The standard InChI is InChI=1S/C16H34N2/c1-7-14(8-2)18(6)16-13(5)10-12(4)11-15(16)17-9-3/h12-17H,7-11H2,1-6H3. The van der Waals surface area contributed by atoms with Gasteiger partial charge in [-0.05, 0) is 51.1 Å². The summed E-state index contributed by atoms with van der Waals surface area (Å²) in [7, 11) is 2.35. The third-order valence-electron chi connectivity index (χ3n) is 4.88. The number of hydrogen-bond acceptors (Lipinski definition) is 2. The molecule has 4 atom stereocenters. The fraction of sp³-hybridized carbons (Fsp3) is 1.00. The lowest BCUT2D eigenvalue weighted by atomic mass is 9.75. The van der Waals surface area contributed by atoms with Gasteiger partial charge >= 0.3 is 0 Å². The minimum absolute atomic E-state index is 0.680. The molecule has 2 heteroatoms. The van der Waals surface area contributed by atoms with Crippen LogP contribution in [0.1, 0.15) is 60.3 Å². The molecule has 0 spiro atoms. The Hall–Kier alpha value is -0.0800. The van der Waals surface area contributed by atoms with Crippen molar-refractivity contribution in [3.63, 3.8) is 0 Å². The van der Waals surface area contributed by atoms with Crippen molar-refractivity contribution < 1.29 is 0 Å². The molecule has 0 heterocycles. The first kappa shape index (κ1) is 16.0. The minimum Gasteiger partial charge on any atom is -0.313 e. The molecule has 0 radical (unpaired) electrons. The maximum atomic E-state index is 3.74. The largest absolute Gasteiger partial charge is 0.313 e. The Morgan fingerprint density at radius 1 is 1.11 bits per heavy atom. The second-order valence-corrected chi connectivity index (χ2v) is 6.34. The Labute approximate surface area is 115 Å². The lowest BCUT2D eigenvalue weighted by Crippen LogP contribution is -2.57. The molecule has 1 N–H and O–H groups in total. The predicted octanol–water partition coefficient (Wildman–Crippen LogP) is 3.52. The molecule has 0 aromatic rings. The summed E-state index contributed by atoms with van der Waals surface area (Å²) in [6.45, 7) is 12.8. The number of hydrogen-bond donors (Lipinski definition) is 1. The highest BCUT2D eigenvalue weighted by molar-refractivity contribution is 4.94. The van der Waals surface area contributed by atoms with Crippen molar-refractivity contribution in [3.05, 3.63) is 0 Å². The minimum atomic E-state index is 0.680. The van der Waals surface area contributed by atoms with Crippen LogP contribution >= 0.6 is 0 Å². The van der Waals surface area contributed by atoms with Gasteiger partial charge in [0.15, 0.2) is 0 Å². The van der Waals surface area contributed by atoms with Crippen LogP contribution in [0.15, 0.2) is 0 Å². The number of nitrogens with one attached hydrogen (secondary N) is 1. The molecule has 2 nitrogen and oxygen atoms in total. The Bertz CT molecular complexity index is 223. The van der Waals surface area contributed by atoms with Gasteiger partial charge in [0, 0.05) is 18.1 Å². The average Bonchev–Trinajstić information content (AvgIpc) is 2.30. The van der Waals surface area contributed by atoms with Crippen molar-refractivity contribution >= 4 is 0 Å². The van der Waals surface area contributed by atoms with Crippen LogP contribution in [-0.4, -0.2) is 36.6 Å². The van der Waals surface area contributed by atoms with Crippen LogP contribution in [0.5, 0.6) is 0 Å². The maximum absolute atomic E-state index is 3.74. The monoisotopic (exact) mass is 254 g/mol. The molecule has 1 aliphatic carbocycles. The van der Waals surface area contributed by atoms with Gasteiger partial charge in [0.2, 0.25) is 0 Å². The quantitative estimate of drug-likeness (QED) is 0.780. The highest BCUT2D eigenvalue weighted by atomic mass is 15.2. The van der Waals surface area contributed by atoms with Crippen LogP contribution in [0.2, 0.25) is 0 Å². The van der Waals surface area contributed by atoms with Crippen molar-refractivity contribution in [2.45, 2.75) is 78.4 Å². The first-order valence-electron chi connectivity index (χ1n) is 8.00. The topological polar surface area (TPSA) is 15.3 Å². The van der Waals surface area contributed by atoms with E-state index in [1.165, 1.54) is 25.7 Å². The van der Waals surface area contributed by atoms with E-state index >= 15 is 0 Å². The predicted molar refractivity (Wildman–Crippen MR) is 80.9 cm³/mol. The van der Waals surface area contributed by atoms with Crippen molar-refractivity contribution in [2.75, 3.05) is 13.6 Å². The Kier molecular flexibility index (Phi) is 6.65. The van der Waals surface area contributed by atoms with Crippen LogP contribution < -0.4 is 5.32 Å². The van der Waals surface area contributed by atoms with Gasteiger partial charge in [-0.25, -0.2) is 0 Å². The summed E-state index contributed by atoms with van der Waals surface area (Å²) in [5.74, 6) is 1.68. The summed E-state index contributed by atoms with van der Waals surface area (Å²) < 4.78 is 0. The molecule has 0 saturated heterocycles. The van der Waals surface area contributed by atoms with Gasteiger partial charge in [-0.1, -0.05) is 34.6 Å². The van der Waals surface area contributed by atoms with E-state index in [-0.39, 0.29) is 0 Å². The third-order valence-corrected chi connectivity index (χ3v) is 4.88. The van der Waals surface area contributed by atoms with Gasteiger partial charge in [-0.3, -0.25) is 4.90 Å². The van der Waals surface area contributed by atoms with Crippen LogP contribution in [-0.2, 0) is 0 Å². The molecule has 18 heavy (non-hydrogen) atoms. The SMILES string of the molecule is CCNC1CC(C)CC(C)C1N(C)C(CC)CC. The average molecular weight is 254 g/mol. The summed E-state index contributed by atoms with van der Waals surface area (Å²) in [4.78, 5) is 2.67. The number of nitrogens with zero attached hydrogens (tertiary/aromatic N) is 1. The van der Waals surface area contributed by atoms with E-state index in [0.717, 1.165) is 24.4 Å². The van der Waals surface area contributed by atoms with Crippen LogP contribution in [0.4, 0.5) is 0 Å². The van der Waals surface area contributed by atoms with Gasteiger partial charge in [0.25, 0.3) is 0 Å². The van der Waals surface area contributed by atoms with Crippen LogP contribution in [0, 0.1) is 11.8 Å². The summed E-state index contributed by atoms with van der Waals surface area (Å²) in [5, 5.41) is 3.74. The summed E-state index contributed by atoms with van der Waals surface area (Å²) in [6.07, 6.45) is 5.26. The number of rotatable bonds is 6. The smallest absolute Gasteiger partial charge is 0.0274 e. The van der Waals surface area contributed by atoms with Gasteiger partial charge in [-0.15, -0.1) is 0 Å². The molecule has 4 unspecified atom stereocenters. The first-order chi connectivity index (χ1) is 8.54. The van der Waals surface area contributed by atoms with Crippen molar-refractivity contribution in [3.8, 4) is 0 Å². The lowest BCUT2D eigenvalue weighted by Gasteiger charge is -2.47. The van der Waals surface area contributed by atoms with Gasteiger partial charge in [0.1, 0.15) is 0 Å². The van der Waals surface area contributed by atoms with Crippen molar-refractivity contribution in [1.82, 2.24) is 10.2 Å². The normalized spacial score (nSPS) is 33.3. The van der Waals surface area contributed by atoms with Crippen molar-refractivity contribution in [2.24, 2.45) is 11.8 Å². The maximum Gasteiger partial charge on any atom is 0.0274 e. The molecule has 0 bridgehead atoms. The summed E-state index contributed by atoms with van der Waals surface area (Å²) in [5.41, 5.74) is 0. The molecular weight excluding hydrogens is 220 g/mol. The van der Waals surface area contributed by atoms with Crippen LogP contribution in [0.25, 0.3) is 0 Å². The Balaban J connectivity index is 2.79. The molecule has 0 aromatic heterocycles. The Morgan fingerprint density at radius 2 is 1.72 bits per heavy atom. The van der Waals surface area contributed by atoms with Crippen LogP contribution in [0.3, 0.4) is 0 Å². The number of likely N-dealkylation sites (N-methyl/N-ethyl adjacent to an activating group) is 2. The highest BCUT2D eigenvalue weighted by Gasteiger charge is 2.37. The summed E-state index contributed by atoms with van der Waals surface area (Å²) >= 11 is 0. The second kappa shape index (κ2) is 7.49. The first-order valence-corrected chi connectivity index (χ1v) is 8.00. The third kappa shape index (κ3) is 3.71. The fourth-order valence-corrected chi connectivity index (χ4v) is 4.10. The van der Waals surface area contributed by atoms with E-state index in [9.17, 15) is 0 Å². The van der Waals surface area contributed by atoms with E-state index in [1.807, 2.05) is 0 Å². The highest BCUT2D eigenvalue weighted by Crippen LogP contribution is 2.33. The van der Waals surface area contributed by atoms with E-state index in [0.29, 0.717) is 12.1 Å². The molecule has 0 amide bonds.